The highest BCUT2D eigenvalue weighted by Crippen LogP contribution is 2.27. The Bertz CT molecular complexity index is 535. The number of anilines is 3. The van der Waals surface area contributed by atoms with Crippen LogP contribution in [0.25, 0.3) is 0 Å². The van der Waals surface area contributed by atoms with Crippen molar-refractivity contribution < 1.29 is 4.39 Å². The highest BCUT2D eigenvalue weighted by atomic mass is 19.1. The van der Waals surface area contributed by atoms with Gasteiger partial charge in [-0.2, -0.15) is 0 Å². The lowest BCUT2D eigenvalue weighted by atomic mass is 10.1. The van der Waals surface area contributed by atoms with Crippen LogP contribution < -0.4 is 10.6 Å². The van der Waals surface area contributed by atoms with Crippen LogP contribution in [0.5, 0.6) is 0 Å². The normalized spacial score (nSPS) is 10.4. The maximum Gasteiger partial charge on any atom is 0.123 e. The van der Waals surface area contributed by atoms with E-state index in [1.54, 1.807) is 12.1 Å². The number of halogens is 1. The van der Waals surface area contributed by atoms with Crippen LogP contribution in [0, 0.1) is 12.7 Å². The summed E-state index contributed by atoms with van der Waals surface area (Å²) in [4.78, 5) is 2.09. The van der Waals surface area contributed by atoms with Crippen molar-refractivity contribution in [3.05, 3.63) is 53.8 Å². The molecule has 18 heavy (non-hydrogen) atoms. The second kappa shape index (κ2) is 5.08. The quantitative estimate of drug-likeness (QED) is 0.830. The number of hydrogen-bond donors (Lipinski definition) is 1. The largest absolute Gasteiger partial charge is 0.398 e. The van der Waals surface area contributed by atoms with Crippen molar-refractivity contribution in [1.82, 2.24) is 0 Å². The topological polar surface area (TPSA) is 29.3 Å². The van der Waals surface area contributed by atoms with Crippen molar-refractivity contribution in [3.8, 4) is 0 Å². The molecule has 0 spiro atoms. The smallest absolute Gasteiger partial charge is 0.123 e. The average molecular weight is 244 g/mol. The van der Waals surface area contributed by atoms with E-state index in [1.165, 1.54) is 12.1 Å². The summed E-state index contributed by atoms with van der Waals surface area (Å²) in [5.74, 6) is -0.224. The molecule has 0 fully saturated rings. The van der Waals surface area contributed by atoms with Crippen LogP contribution in [-0.4, -0.2) is 6.54 Å². The molecule has 0 amide bonds. The maximum absolute atomic E-state index is 12.9. The molecule has 0 atom stereocenters. The third-order valence-electron chi connectivity index (χ3n) is 3.03. The van der Waals surface area contributed by atoms with Crippen molar-refractivity contribution in [2.24, 2.45) is 0 Å². The average Bonchev–Trinajstić information content (AvgIpc) is 2.37. The second-order valence-electron chi connectivity index (χ2n) is 4.26. The Labute approximate surface area is 107 Å². The molecule has 0 radical (unpaired) electrons. The van der Waals surface area contributed by atoms with E-state index in [2.05, 4.69) is 11.8 Å². The summed E-state index contributed by atoms with van der Waals surface area (Å²) in [6.07, 6.45) is 0. The zero-order valence-electron chi connectivity index (χ0n) is 10.7. The first-order valence-electron chi connectivity index (χ1n) is 6.01. The van der Waals surface area contributed by atoms with Crippen LogP contribution >= 0.6 is 0 Å². The van der Waals surface area contributed by atoms with Gasteiger partial charge in [-0.3, -0.25) is 0 Å². The van der Waals surface area contributed by atoms with Gasteiger partial charge in [-0.15, -0.1) is 0 Å². The van der Waals surface area contributed by atoms with Gasteiger partial charge in [-0.1, -0.05) is 6.07 Å². The summed E-state index contributed by atoms with van der Waals surface area (Å²) in [5.41, 5.74) is 9.74. The summed E-state index contributed by atoms with van der Waals surface area (Å²) in [5, 5.41) is 0. The van der Waals surface area contributed by atoms with E-state index < -0.39 is 0 Å². The van der Waals surface area contributed by atoms with E-state index in [-0.39, 0.29) is 5.82 Å². The Morgan fingerprint density at radius 3 is 2.22 bits per heavy atom. The van der Waals surface area contributed by atoms with Crippen molar-refractivity contribution >= 4 is 17.1 Å². The van der Waals surface area contributed by atoms with Crippen molar-refractivity contribution in [2.45, 2.75) is 13.8 Å². The van der Waals surface area contributed by atoms with E-state index in [1.807, 2.05) is 25.1 Å². The number of hydrogen-bond acceptors (Lipinski definition) is 2. The first kappa shape index (κ1) is 12.4. The summed E-state index contributed by atoms with van der Waals surface area (Å²) >= 11 is 0. The minimum atomic E-state index is -0.224. The minimum absolute atomic E-state index is 0.224. The third kappa shape index (κ3) is 2.45. The molecule has 2 aromatic carbocycles. The summed E-state index contributed by atoms with van der Waals surface area (Å²) in [6.45, 7) is 4.83. The van der Waals surface area contributed by atoms with E-state index in [4.69, 9.17) is 5.73 Å². The van der Waals surface area contributed by atoms with Gasteiger partial charge in [-0.25, -0.2) is 4.39 Å². The van der Waals surface area contributed by atoms with E-state index in [0.717, 1.165) is 29.2 Å². The minimum Gasteiger partial charge on any atom is -0.398 e. The predicted molar refractivity (Wildman–Crippen MR) is 74.7 cm³/mol. The number of nitrogens with zero attached hydrogens (tertiary/aromatic N) is 1. The van der Waals surface area contributed by atoms with Crippen LogP contribution in [-0.2, 0) is 0 Å². The van der Waals surface area contributed by atoms with Gasteiger partial charge in [0.05, 0.1) is 0 Å². The molecule has 0 heterocycles. The van der Waals surface area contributed by atoms with Crippen molar-refractivity contribution in [3.63, 3.8) is 0 Å². The molecule has 0 aromatic heterocycles. The van der Waals surface area contributed by atoms with Gasteiger partial charge in [0.25, 0.3) is 0 Å². The van der Waals surface area contributed by atoms with Crippen LogP contribution in [0.15, 0.2) is 42.5 Å². The monoisotopic (exact) mass is 244 g/mol. The van der Waals surface area contributed by atoms with Crippen LogP contribution in [0.3, 0.4) is 0 Å². The molecule has 2 nitrogen and oxygen atoms in total. The number of nitrogen functional groups attached to an aromatic ring is 1. The lowest BCUT2D eigenvalue weighted by Crippen LogP contribution is -2.16. The van der Waals surface area contributed by atoms with Gasteiger partial charge in [0.1, 0.15) is 5.82 Å². The maximum atomic E-state index is 12.9. The molecule has 0 saturated heterocycles. The Hall–Kier alpha value is -2.03. The van der Waals surface area contributed by atoms with Gasteiger partial charge in [-0.05, 0) is 55.8 Å². The van der Waals surface area contributed by atoms with Crippen molar-refractivity contribution in [1.29, 1.82) is 0 Å². The molecule has 0 aliphatic heterocycles. The molecule has 0 saturated carbocycles. The number of rotatable bonds is 3. The highest BCUT2D eigenvalue weighted by molar-refractivity contribution is 5.67. The molecular formula is C15H17FN2. The second-order valence-corrected chi connectivity index (χ2v) is 4.26. The third-order valence-corrected chi connectivity index (χ3v) is 3.03. The van der Waals surface area contributed by atoms with Crippen LogP contribution in [0.2, 0.25) is 0 Å². The molecule has 2 N–H and O–H groups in total. The zero-order valence-corrected chi connectivity index (χ0v) is 10.7. The van der Waals surface area contributed by atoms with Crippen LogP contribution in [0.4, 0.5) is 21.5 Å². The molecular weight excluding hydrogens is 227 g/mol. The SMILES string of the molecule is CCN(c1ccc(F)cc1)c1ccc(C)c(N)c1. The molecule has 2 rings (SSSR count). The predicted octanol–water partition coefficient (Wildman–Crippen LogP) is 3.87. The first-order chi connectivity index (χ1) is 8.61. The molecule has 2 aromatic rings. The zero-order chi connectivity index (χ0) is 13.1. The molecule has 0 unspecified atom stereocenters. The summed E-state index contributed by atoms with van der Waals surface area (Å²) < 4.78 is 12.9. The number of benzene rings is 2. The van der Waals surface area contributed by atoms with Gasteiger partial charge >= 0.3 is 0 Å². The lowest BCUT2D eigenvalue weighted by molar-refractivity contribution is 0.628. The molecule has 0 aliphatic carbocycles. The molecule has 0 aliphatic rings. The fraction of sp³-hybridized carbons (Fsp3) is 0.200. The van der Waals surface area contributed by atoms with Gasteiger partial charge in [0, 0.05) is 23.6 Å². The molecule has 94 valence electrons. The lowest BCUT2D eigenvalue weighted by Gasteiger charge is -2.24. The van der Waals surface area contributed by atoms with Gasteiger partial charge < -0.3 is 10.6 Å². The van der Waals surface area contributed by atoms with E-state index >= 15 is 0 Å². The van der Waals surface area contributed by atoms with Gasteiger partial charge in [0.15, 0.2) is 0 Å². The Balaban J connectivity index is 2.38. The van der Waals surface area contributed by atoms with E-state index in [9.17, 15) is 4.39 Å². The standard InChI is InChI=1S/C15H17FN2/c1-3-18(13-8-5-12(16)6-9-13)14-7-4-11(2)15(17)10-14/h4-10H,3,17H2,1-2H3. The van der Waals surface area contributed by atoms with E-state index in [0.29, 0.717) is 0 Å². The first-order valence-corrected chi connectivity index (χ1v) is 6.01. The molecule has 0 bridgehead atoms. The Morgan fingerprint density at radius 1 is 1.06 bits per heavy atom. The fourth-order valence-electron chi connectivity index (χ4n) is 1.93. The fourth-order valence-corrected chi connectivity index (χ4v) is 1.93. The Morgan fingerprint density at radius 2 is 1.67 bits per heavy atom. The summed E-state index contributed by atoms with van der Waals surface area (Å²) in [6, 6.07) is 12.5. The Kier molecular flexibility index (Phi) is 3.51. The summed E-state index contributed by atoms with van der Waals surface area (Å²) in [7, 11) is 0. The number of aryl methyl sites for hydroxylation is 1. The van der Waals surface area contributed by atoms with Crippen LogP contribution in [0.1, 0.15) is 12.5 Å². The highest BCUT2D eigenvalue weighted by Gasteiger charge is 2.08. The van der Waals surface area contributed by atoms with Crippen molar-refractivity contribution in [2.75, 3.05) is 17.2 Å². The van der Waals surface area contributed by atoms with Gasteiger partial charge in [0.2, 0.25) is 0 Å². The molecule has 3 heteroatoms. The number of nitrogens with two attached hydrogens (primary N) is 1.